The molecule has 0 aromatic rings. The van der Waals surface area contributed by atoms with Gasteiger partial charge in [-0.1, -0.05) is 6.92 Å². The second-order valence-corrected chi connectivity index (χ2v) is 5.85. The van der Waals surface area contributed by atoms with Gasteiger partial charge in [0.25, 0.3) is 0 Å². The van der Waals surface area contributed by atoms with E-state index in [9.17, 15) is 9.59 Å². The second-order valence-electron chi connectivity index (χ2n) is 5.85. The van der Waals surface area contributed by atoms with Crippen molar-refractivity contribution >= 4 is 11.8 Å². The number of nitrogens with zero attached hydrogens (tertiary/aromatic N) is 1. The van der Waals surface area contributed by atoms with Crippen LogP contribution in [0.4, 0.5) is 0 Å². The highest BCUT2D eigenvalue weighted by atomic mass is 16.5. The Balaban J connectivity index is 2.04. The lowest BCUT2D eigenvalue weighted by Gasteiger charge is -2.39. The van der Waals surface area contributed by atoms with Gasteiger partial charge in [0, 0.05) is 20.3 Å². The van der Waals surface area contributed by atoms with Crippen molar-refractivity contribution in [1.82, 2.24) is 10.2 Å². The Morgan fingerprint density at radius 3 is 2.63 bits per heavy atom. The summed E-state index contributed by atoms with van der Waals surface area (Å²) >= 11 is 0. The molecular weight excluding hydrogens is 244 g/mol. The van der Waals surface area contributed by atoms with E-state index >= 15 is 0 Å². The van der Waals surface area contributed by atoms with Crippen molar-refractivity contribution in [3.63, 3.8) is 0 Å². The Morgan fingerprint density at radius 1 is 1.42 bits per heavy atom. The van der Waals surface area contributed by atoms with Gasteiger partial charge < -0.3 is 15.0 Å². The van der Waals surface area contributed by atoms with Gasteiger partial charge in [-0.05, 0) is 38.0 Å². The van der Waals surface area contributed by atoms with E-state index in [2.05, 4.69) is 5.32 Å². The first-order valence-corrected chi connectivity index (χ1v) is 7.13. The fraction of sp³-hybridized carbons (Fsp3) is 0.857. The number of hydrogen-bond donors (Lipinski definition) is 1. The molecule has 2 fully saturated rings. The largest absolute Gasteiger partial charge is 0.385 e. The topological polar surface area (TPSA) is 58.6 Å². The molecule has 1 heterocycles. The van der Waals surface area contributed by atoms with E-state index in [4.69, 9.17) is 4.74 Å². The van der Waals surface area contributed by atoms with E-state index in [1.807, 2.05) is 13.8 Å². The SMILES string of the molecule is CCC1NC(=O)C(C)N(CC2(CCOC)CC2)C1=O. The maximum atomic E-state index is 12.4. The highest BCUT2D eigenvalue weighted by Crippen LogP contribution is 2.49. The summed E-state index contributed by atoms with van der Waals surface area (Å²) in [5.74, 6) is 0.0345. The van der Waals surface area contributed by atoms with Crippen molar-refractivity contribution in [2.75, 3.05) is 20.3 Å². The van der Waals surface area contributed by atoms with Crippen molar-refractivity contribution in [2.45, 2.75) is 51.6 Å². The van der Waals surface area contributed by atoms with Gasteiger partial charge in [-0.25, -0.2) is 0 Å². The average Bonchev–Trinajstić information content (AvgIpc) is 3.17. The molecule has 1 saturated heterocycles. The van der Waals surface area contributed by atoms with Gasteiger partial charge in [0.05, 0.1) is 0 Å². The lowest BCUT2D eigenvalue weighted by molar-refractivity contribution is -0.149. The molecule has 1 saturated carbocycles. The Hall–Kier alpha value is -1.10. The van der Waals surface area contributed by atoms with Gasteiger partial charge >= 0.3 is 0 Å². The van der Waals surface area contributed by atoms with Crippen LogP contribution < -0.4 is 5.32 Å². The number of amides is 2. The summed E-state index contributed by atoms with van der Waals surface area (Å²) in [6, 6.07) is -0.697. The summed E-state index contributed by atoms with van der Waals surface area (Å²) in [4.78, 5) is 26.1. The summed E-state index contributed by atoms with van der Waals surface area (Å²) in [5.41, 5.74) is 0.190. The van der Waals surface area contributed by atoms with Crippen LogP contribution in [0.2, 0.25) is 0 Å². The minimum Gasteiger partial charge on any atom is -0.385 e. The molecule has 1 aliphatic heterocycles. The molecule has 19 heavy (non-hydrogen) atoms. The number of piperazine rings is 1. The summed E-state index contributed by atoms with van der Waals surface area (Å²) in [6.45, 7) is 5.15. The fourth-order valence-electron chi connectivity index (χ4n) is 2.72. The Morgan fingerprint density at radius 2 is 2.11 bits per heavy atom. The highest BCUT2D eigenvalue weighted by Gasteiger charge is 2.47. The van der Waals surface area contributed by atoms with Crippen molar-refractivity contribution in [3.8, 4) is 0 Å². The number of carbonyl (C=O) groups is 2. The molecule has 2 amide bonds. The normalized spacial score (nSPS) is 29.3. The third-order valence-electron chi connectivity index (χ3n) is 4.45. The molecule has 0 aromatic heterocycles. The first-order chi connectivity index (χ1) is 9.03. The van der Waals surface area contributed by atoms with E-state index < -0.39 is 0 Å². The molecule has 1 N–H and O–H groups in total. The first-order valence-electron chi connectivity index (χ1n) is 7.13. The van der Waals surface area contributed by atoms with Gasteiger partial charge in [0.15, 0.2) is 0 Å². The molecule has 0 bridgehead atoms. The average molecular weight is 268 g/mol. The predicted octanol–water partition coefficient (Wildman–Crippen LogP) is 0.929. The lowest BCUT2D eigenvalue weighted by Crippen LogP contribution is -2.63. The third-order valence-corrected chi connectivity index (χ3v) is 4.45. The number of hydrogen-bond acceptors (Lipinski definition) is 3. The van der Waals surface area contributed by atoms with E-state index in [0.717, 1.165) is 25.9 Å². The van der Waals surface area contributed by atoms with Crippen molar-refractivity contribution < 1.29 is 14.3 Å². The zero-order valence-electron chi connectivity index (χ0n) is 12.1. The van der Waals surface area contributed by atoms with Gasteiger partial charge in [0.1, 0.15) is 12.1 Å². The van der Waals surface area contributed by atoms with Gasteiger partial charge in [-0.15, -0.1) is 0 Å². The first kappa shape index (κ1) is 14.3. The zero-order chi connectivity index (χ0) is 14.0. The minimum atomic E-state index is -0.352. The second kappa shape index (κ2) is 5.49. The van der Waals surface area contributed by atoms with Crippen LogP contribution in [-0.4, -0.2) is 49.1 Å². The van der Waals surface area contributed by atoms with E-state index in [-0.39, 0.29) is 29.3 Å². The van der Waals surface area contributed by atoms with E-state index in [1.54, 1.807) is 12.0 Å². The summed E-state index contributed by atoms with van der Waals surface area (Å²) < 4.78 is 5.14. The summed E-state index contributed by atoms with van der Waals surface area (Å²) in [5, 5.41) is 2.79. The number of ether oxygens (including phenoxy) is 1. The van der Waals surface area contributed by atoms with Crippen LogP contribution in [-0.2, 0) is 14.3 Å². The molecule has 0 radical (unpaired) electrons. The van der Waals surface area contributed by atoms with Crippen LogP contribution in [0.25, 0.3) is 0 Å². The summed E-state index contributed by atoms with van der Waals surface area (Å²) in [7, 11) is 1.70. The van der Waals surface area contributed by atoms with Gasteiger partial charge in [-0.2, -0.15) is 0 Å². The quantitative estimate of drug-likeness (QED) is 0.779. The van der Waals surface area contributed by atoms with Crippen molar-refractivity contribution in [1.29, 1.82) is 0 Å². The molecule has 0 aromatic carbocycles. The molecule has 2 unspecified atom stereocenters. The maximum Gasteiger partial charge on any atom is 0.245 e. The smallest absolute Gasteiger partial charge is 0.245 e. The van der Waals surface area contributed by atoms with Crippen LogP contribution in [0.3, 0.4) is 0 Å². The van der Waals surface area contributed by atoms with Gasteiger partial charge in [0.2, 0.25) is 11.8 Å². The molecular formula is C14H24N2O3. The standard InChI is InChI=1S/C14H24N2O3/c1-4-11-13(18)16(10(2)12(17)15-11)9-14(5-6-14)7-8-19-3/h10-11H,4-9H2,1-3H3,(H,15,17). The number of carbonyl (C=O) groups excluding carboxylic acids is 2. The van der Waals surface area contributed by atoms with Crippen LogP contribution in [0, 0.1) is 5.41 Å². The summed E-state index contributed by atoms with van der Waals surface area (Å²) in [6.07, 6.45) is 3.88. The minimum absolute atomic E-state index is 0.0333. The van der Waals surface area contributed by atoms with E-state index in [1.165, 1.54) is 0 Å². The lowest BCUT2D eigenvalue weighted by atomic mass is 9.98. The molecule has 0 spiro atoms. The molecule has 5 heteroatoms. The fourth-order valence-corrected chi connectivity index (χ4v) is 2.72. The van der Waals surface area contributed by atoms with Crippen molar-refractivity contribution in [2.24, 2.45) is 5.41 Å². The Kier molecular flexibility index (Phi) is 4.13. The predicted molar refractivity (Wildman–Crippen MR) is 71.6 cm³/mol. The van der Waals surface area contributed by atoms with Crippen molar-refractivity contribution in [3.05, 3.63) is 0 Å². The number of rotatable bonds is 6. The van der Waals surface area contributed by atoms with E-state index in [0.29, 0.717) is 13.0 Å². The molecule has 1 aliphatic carbocycles. The zero-order valence-corrected chi connectivity index (χ0v) is 12.1. The molecule has 5 nitrogen and oxygen atoms in total. The monoisotopic (exact) mass is 268 g/mol. The molecule has 2 atom stereocenters. The maximum absolute atomic E-state index is 12.4. The van der Waals surface area contributed by atoms with Crippen LogP contribution >= 0.6 is 0 Å². The van der Waals surface area contributed by atoms with Crippen LogP contribution in [0.1, 0.15) is 39.5 Å². The van der Waals surface area contributed by atoms with Gasteiger partial charge in [-0.3, -0.25) is 9.59 Å². The van der Waals surface area contributed by atoms with Crippen LogP contribution in [0.15, 0.2) is 0 Å². The Labute approximate surface area is 114 Å². The molecule has 108 valence electrons. The number of methoxy groups -OCH3 is 1. The third kappa shape index (κ3) is 2.91. The number of nitrogens with one attached hydrogen (secondary N) is 1. The molecule has 2 rings (SSSR count). The van der Waals surface area contributed by atoms with Crippen LogP contribution in [0.5, 0.6) is 0 Å². The Bertz CT molecular complexity index is 366. The molecule has 2 aliphatic rings. The highest BCUT2D eigenvalue weighted by molar-refractivity contribution is 5.96.